The van der Waals surface area contributed by atoms with Crippen molar-refractivity contribution in [3.63, 3.8) is 0 Å². The fraction of sp³-hybridized carbons (Fsp3) is 0.526. The number of aromatic nitrogens is 2. The molecule has 0 aromatic carbocycles. The molecule has 1 unspecified atom stereocenters. The van der Waals surface area contributed by atoms with E-state index < -0.39 is 0 Å². The lowest BCUT2D eigenvalue weighted by molar-refractivity contribution is 0.254. The molecule has 144 valence electrons. The zero-order valence-corrected chi connectivity index (χ0v) is 16.4. The van der Waals surface area contributed by atoms with Crippen LogP contribution >= 0.6 is 11.3 Å². The SMILES string of the molecule is NC(=NCC(c1cccs1)N1CCCC1)N1CCN(c2ncccn2)CC1. The second-order valence-corrected chi connectivity index (χ2v) is 7.98. The normalized spacial score (nSPS) is 20.2. The molecule has 2 N–H and O–H groups in total. The molecule has 2 fully saturated rings. The summed E-state index contributed by atoms with van der Waals surface area (Å²) in [6, 6.07) is 6.54. The van der Waals surface area contributed by atoms with Crippen LogP contribution in [0.2, 0.25) is 0 Å². The van der Waals surface area contributed by atoms with Crippen LogP contribution in [0.4, 0.5) is 5.95 Å². The van der Waals surface area contributed by atoms with Crippen molar-refractivity contribution < 1.29 is 0 Å². The minimum atomic E-state index is 0.352. The monoisotopic (exact) mass is 385 g/mol. The largest absolute Gasteiger partial charge is 0.370 e. The molecule has 2 aliphatic rings. The third kappa shape index (κ3) is 4.39. The maximum atomic E-state index is 6.34. The highest BCUT2D eigenvalue weighted by atomic mass is 32.1. The number of rotatable bonds is 5. The van der Waals surface area contributed by atoms with Gasteiger partial charge in [-0.2, -0.15) is 0 Å². The number of likely N-dealkylation sites (tertiary alicyclic amines) is 1. The van der Waals surface area contributed by atoms with Gasteiger partial charge in [0.15, 0.2) is 5.96 Å². The summed E-state index contributed by atoms with van der Waals surface area (Å²) in [5, 5.41) is 2.15. The fourth-order valence-corrected chi connectivity index (χ4v) is 4.64. The number of anilines is 1. The van der Waals surface area contributed by atoms with Gasteiger partial charge in [-0.3, -0.25) is 9.89 Å². The summed E-state index contributed by atoms with van der Waals surface area (Å²) in [6.45, 7) is 6.47. The maximum Gasteiger partial charge on any atom is 0.225 e. The molecule has 0 bridgehead atoms. The molecule has 1 atom stereocenters. The van der Waals surface area contributed by atoms with Crippen molar-refractivity contribution in [2.45, 2.75) is 18.9 Å². The van der Waals surface area contributed by atoms with Crippen molar-refractivity contribution in [2.24, 2.45) is 10.7 Å². The van der Waals surface area contributed by atoms with Crippen LogP contribution in [0, 0.1) is 0 Å². The van der Waals surface area contributed by atoms with Crippen molar-refractivity contribution >= 4 is 23.2 Å². The molecule has 4 rings (SSSR count). The van der Waals surface area contributed by atoms with Crippen LogP contribution in [-0.2, 0) is 0 Å². The minimum Gasteiger partial charge on any atom is -0.370 e. The number of thiophene rings is 1. The molecule has 0 radical (unpaired) electrons. The van der Waals surface area contributed by atoms with E-state index in [0.717, 1.165) is 51.8 Å². The number of piperazine rings is 1. The predicted octanol–water partition coefficient (Wildman–Crippen LogP) is 1.81. The van der Waals surface area contributed by atoms with Gasteiger partial charge in [-0.15, -0.1) is 11.3 Å². The molecule has 2 aromatic rings. The van der Waals surface area contributed by atoms with E-state index in [-0.39, 0.29) is 0 Å². The molecule has 8 heteroatoms. The quantitative estimate of drug-likeness (QED) is 0.625. The summed E-state index contributed by atoms with van der Waals surface area (Å²) in [5.41, 5.74) is 6.34. The Morgan fingerprint density at radius 1 is 1.07 bits per heavy atom. The number of hydrogen-bond donors (Lipinski definition) is 1. The van der Waals surface area contributed by atoms with Gasteiger partial charge in [0.25, 0.3) is 0 Å². The summed E-state index contributed by atoms with van der Waals surface area (Å²) in [6.07, 6.45) is 6.14. The fourth-order valence-electron chi connectivity index (χ4n) is 3.79. The highest BCUT2D eigenvalue weighted by Gasteiger charge is 2.25. The number of guanidine groups is 1. The summed E-state index contributed by atoms with van der Waals surface area (Å²) < 4.78 is 0. The zero-order chi connectivity index (χ0) is 18.5. The summed E-state index contributed by atoms with van der Waals surface area (Å²) in [7, 11) is 0. The molecule has 2 saturated heterocycles. The second-order valence-electron chi connectivity index (χ2n) is 7.00. The van der Waals surface area contributed by atoms with Crippen LogP contribution in [-0.4, -0.2) is 71.5 Å². The lowest BCUT2D eigenvalue weighted by Gasteiger charge is -2.35. The van der Waals surface area contributed by atoms with E-state index in [1.54, 1.807) is 12.4 Å². The Labute approximate surface area is 164 Å². The lowest BCUT2D eigenvalue weighted by Crippen LogP contribution is -2.51. The van der Waals surface area contributed by atoms with Crippen LogP contribution in [0.15, 0.2) is 41.0 Å². The third-order valence-corrected chi connectivity index (χ3v) is 6.29. The van der Waals surface area contributed by atoms with Gasteiger partial charge in [0.1, 0.15) is 0 Å². The Morgan fingerprint density at radius 3 is 2.48 bits per heavy atom. The van der Waals surface area contributed by atoms with Crippen molar-refractivity contribution in [1.29, 1.82) is 0 Å². The first-order valence-electron chi connectivity index (χ1n) is 9.65. The smallest absolute Gasteiger partial charge is 0.225 e. The Bertz CT molecular complexity index is 720. The van der Waals surface area contributed by atoms with Gasteiger partial charge >= 0.3 is 0 Å². The summed E-state index contributed by atoms with van der Waals surface area (Å²) in [4.78, 5) is 21.8. The van der Waals surface area contributed by atoms with E-state index in [0.29, 0.717) is 12.0 Å². The lowest BCUT2D eigenvalue weighted by atomic mass is 10.2. The van der Waals surface area contributed by atoms with Gasteiger partial charge in [-0.25, -0.2) is 9.97 Å². The molecular weight excluding hydrogens is 358 g/mol. The molecule has 2 aromatic heterocycles. The average molecular weight is 386 g/mol. The van der Waals surface area contributed by atoms with Crippen molar-refractivity contribution in [2.75, 3.05) is 50.7 Å². The van der Waals surface area contributed by atoms with E-state index >= 15 is 0 Å². The second kappa shape index (κ2) is 8.67. The predicted molar refractivity (Wildman–Crippen MR) is 110 cm³/mol. The molecule has 0 spiro atoms. The Balaban J connectivity index is 1.36. The van der Waals surface area contributed by atoms with Crippen molar-refractivity contribution in [1.82, 2.24) is 19.8 Å². The van der Waals surface area contributed by atoms with Gasteiger partial charge in [0.2, 0.25) is 5.95 Å². The number of nitrogens with two attached hydrogens (primary N) is 1. The van der Waals surface area contributed by atoms with Crippen LogP contribution in [0.3, 0.4) is 0 Å². The molecule has 0 aliphatic carbocycles. The van der Waals surface area contributed by atoms with E-state index in [9.17, 15) is 0 Å². The van der Waals surface area contributed by atoms with Crippen LogP contribution in [0.25, 0.3) is 0 Å². The van der Waals surface area contributed by atoms with Crippen LogP contribution in [0.1, 0.15) is 23.8 Å². The standard InChI is InChI=1S/C19H27N7S/c20-18(25-10-12-26(13-11-25)19-21-6-4-7-22-19)23-15-16(17-5-3-14-27-17)24-8-1-2-9-24/h3-7,14,16H,1-2,8-13,15H2,(H2,20,23). The molecule has 0 saturated carbocycles. The molecular formula is C19H27N7S. The first-order valence-corrected chi connectivity index (χ1v) is 10.5. The maximum absolute atomic E-state index is 6.34. The van der Waals surface area contributed by atoms with E-state index in [1.807, 2.05) is 17.4 Å². The van der Waals surface area contributed by atoms with Crippen LogP contribution < -0.4 is 10.6 Å². The Kier molecular flexibility index (Phi) is 5.84. The minimum absolute atomic E-state index is 0.352. The van der Waals surface area contributed by atoms with Gasteiger partial charge in [-0.05, 0) is 43.4 Å². The molecule has 7 nitrogen and oxygen atoms in total. The van der Waals surface area contributed by atoms with Crippen LogP contribution in [0.5, 0.6) is 0 Å². The van der Waals surface area contributed by atoms with Crippen molar-refractivity contribution in [3.05, 3.63) is 40.8 Å². The van der Waals surface area contributed by atoms with Gasteiger partial charge in [-0.1, -0.05) is 6.07 Å². The number of nitrogens with zero attached hydrogens (tertiary/aromatic N) is 6. The van der Waals surface area contributed by atoms with Gasteiger partial charge < -0.3 is 15.5 Å². The molecule has 0 amide bonds. The Morgan fingerprint density at radius 2 is 1.81 bits per heavy atom. The Hall–Kier alpha value is -2.19. The molecule has 4 heterocycles. The highest BCUT2D eigenvalue weighted by Crippen LogP contribution is 2.28. The van der Waals surface area contributed by atoms with Gasteiger partial charge in [0, 0.05) is 43.4 Å². The molecule has 27 heavy (non-hydrogen) atoms. The average Bonchev–Trinajstić information content (AvgIpc) is 3.44. The first kappa shape index (κ1) is 18.2. The van der Waals surface area contributed by atoms with E-state index in [2.05, 4.69) is 42.2 Å². The van der Waals surface area contributed by atoms with Gasteiger partial charge in [0.05, 0.1) is 12.6 Å². The zero-order valence-electron chi connectivity index (χ0n) is 15.6. The highest BCUT2D eigenvalue weighted by molar-refractivity contribution is 7.10. The summed E-state index contributed by atoms with van der Waals surface area (Å²) in [5.74, 6) is 1.45. The third-order valence-electron chi connectivity index (χ3n) is 5.32. The van der Waals surface area contributed by atoms with E-state index in [1.165, 1.54) is 17.7 Å². The van der Waals surface area contributed by atoms with E-state index in [4.69, 9.17) is 10.7 Å². The summed E-state index contributed by atoms with van der Waals surface area (Å²) >= 11 is 1.82. The van der Waals surface area contributed by atoms with Crippen molar-refractivity contribution in [3.8, 4) is 0 Å². The number of hydrogen-bond acceptors (Lipinski definition) is 6. The first-order chi connectivity index (χ1) is 13.3. The topological polar surface area (TPSA) is 73.9 Å². The molecule has 2 aliphatic heterocycles. The number of aliphatic imine (C=N–C) groups is 1.